The number of hydrogen-bond acceptors (Lipinski definition) is 4. The molecule has 0 saturated heterocycles. The van der Waals surface area contributed by atoms with Gasteiger partial charge in [0.15, 0.2) is 5.69 Å². The number of hydrogen-bond donors (Lipinski definition) is 0. The maximum Gasteiger partial charge on any atom is 0.220 e. The third kappa shape index (κ3) is 3.73. The Morgan fingerprint density at radius 2 is 2.05 bits per heavy atom. The number of nitrogens with zero attached hydrogens (tertiary/aromatic N) is 2. The third-order valence-electron chi connectivity index (χ3n) is 2.56. The number of pyridine rings is 1. The molecule has 0 aliphatic carbocycles. The Hall–Kier alpha value is -1.61. The van der Waals surface area contributed by atoms with Gasteiger partial charge in [-0.25, -0.2) is 4.98 Å². The molecule has 0 aliphatic rings. The second kappa shape index (κ2) is 6.90. The predicted octanol–water partition coefficient (Wildman–Crippen LogP) is 4.18. The van der Waals surface area contributed by atoms with Gasteiger partial charge in [-0.3, -0.25) is 4.21 Å². The van der Waals surface area contributed by atoms with Crippen LogP contribution in [0.5, 0.6) is 11.6 Å². The lowest BCUT2D eigenvalue weighted by atomic mass is 10.3. The van der Waals surface area contributed by atoms with Gasteiger partial charge in [0.25, 0.3) is 0 Å². The lowest BCUT2D eigenvalue weighted by Gasteiger charge is -2.07. The Bertz CT molecular complexity index is 744. The zero-order valence-corrected chi connectivity index (χ0v) is 13.3. The van der Waals surface area contributed by atoms with Crippen LogP contribution < -0.4 is 4.74 Å². The number of rotatable bonds is 4. The summed E-state index contributed by atoms with van der Waals surface area (Å²) in [7, 11) is -1.24. The van der Waals surface area contributed by atoms with Gasteiger partial charge in [-0.15, -0.1) is 0 Å². The molecule has 21 heavy (non-hydrogen) atoms. The molecule has 2 rings (SSSR count). The molecule has 0 fully saturated rings. The molecule has 0 amide bonds. The van der Waals surface area contributed by atoms with Crippen molar-refractivity contribution in [2.24, 2.45) is 0 Å². The van der Waals surface area contributed by atoms with Gasteiger partial charge in [0.2, 0.25) is 5.88 Å². The molecule has 7 heteroatoms. The van der Waals surface area contributed by atoms with E-state index in [4.69, 9.17) is 33.2 Å². The van der Waals surface area contributed by atoms with Crippen molar-refractivity contribution in [2.75, 3.05) is 5.75 Å². The first kappa shape index (κ1) is 15.8. The van der Waals surface area contributed by atoms with Crippen LogP contribution in [0, 0.1) is 11.3 Å². The normalized spacial score (nSPS) is 11.7. The van der Waals surface area contributed by atoms with Crippen LogP contribution in [0.2, 0.25) is 10.0 Å². The van der Waals surface area contributed by atoms with E-state index in [9.17, 15) is 4.21 Å². The first-order chi connectivity index (χ1) is 10.0. The maximum absolute atomic E-state index is 11.8. The molecule has 0 N–H and O–H groups in total. The van der Waals surface area contributed by atoms with Crippen LogP contribution in [0.1, 0.15) is 12.6 Å². The lowest BCUT2D eigenvalue weighted by molar-refractivity contribution is 0.461. The third-order valence-corrected chi connectivity index (χ3v) is 4.64. The van der Waals surface area contributed by atoms with Gasteiger partial charge >= 0.3 is 0 Å². The summed E-state index contributed by atoms with van der Waals surface area (Å²) in [4.78, 5) is 4.46. The van der Waals surface area contributed by atoms with Crippen LogP contribution in [-0.2, 0) is 10.8 Å². The van der Waals surface area contributed by atoms with E-state index in [0.717, 1.165) is 0 Å². The Morgan fingerprint density at radius 1 is 1.29 bits per heavy atom. The highest BCUT2D eigenvalue weighted by atomic mass is 35.5. The highest BCUT2D eigenvalue weighted by Crippen LogP contribution is 2.29. The van der Waals surface area contributed by atoms with Crippen LogP contribution in [0.4, 0.5) is 0 Å². The van der Waals surface area contributed by atoms with Crippen molar-refractivity contribution in [1.29, 1.82) is 5.26 Å². The fourth-order valence-corrected chi connectivity index (χ4v) is 2.69. The first-order valence-corrected chi connectivity index (χ1v) is 8.05. The number of halogens is 2. The van der Waals surface area contributed by atoms with E-state index in [2.05, 4.69) is 4.98 Å². The average Bonchev–Trinajstić information content (AvgIpc) is 2.50. The summed E-state index contributed by atoms with van der Waals surface area (Å²) in [6.45, 7) is 1.78. The minimum atomic E-state index is -1.24. The Morgan fingerprint density at radius 3 is 2.67 bits per heavy atom. The highest BCUT2D eigenvalue weighted by Gasteiger charge is 2.12. The predicted molar refractivity (Wildman–Crippen MR) is 82.4 cm³/mol. The first-order valence-electron chi connectivity index (χ1n) is 5.97. The van der Waals surface area contributed by atoms with Crippen molar-refractivity contribution in [3.63, 3.8) is 0 Å². The van der Waals surface area contributed by atoms with Crippen molar-refractivity contribution in [1.82, 2.24) is 4.98 Å². The monoisotopic (exact) mass is 340 g/mol. The van der Waals surface area contributed by atoms with Crippen molar-refractivity contribution in [3.05, 3.63) is 46.1 Å². The average molecular weight is 341 g/mol. The minimum Gasteiger partial charge on any atom is -0.439 e. The van der Waals surface area contributed by atoms with Crippen molar-refractivity contribution in [3.8, 4) is 17.7 Å². The fourth-order valence-electron chi connectivity index (χ4n) is 1.57. The Balaban J connectivity index is 2.31. The van der Waals surface area contributed by atoms with E-state index >= 15 is 0 Å². The topological polar surface area (TPSA) is 63.0 Å². The highest BCUT2D eigenvalue weighted by molar-refractivity contribution is 7.85. The molecule has 0 aliphatic heterocycles. The van der Waals surface area contributed by atoms with Crippen LogP contribution >= 0.6 is 23.2 Å². The van der Waals surface area contributed by atoms with Crippen molar-refractivity contribution >= 4 is 34.0 Å². The molecule has 1 unspecified atom stereocenters. The lowest BCUT2D eigenvalue weighted by Crippen LogP contribution is -2.01. The van der Waals surface area contributed by atoms with Gasteiger partial charge in [0, 0.05) is 17.9 Å². The molecule has 0 saturated carbocycles. The molecule has 4 nitrogen and oxygen atoms in total. The SMILES string of the molecule is CCS(=O)c1ccc(Oc2ccc(Cl)c(Cl)c2)nc1C#N. The summed E-state index contributed by atoms with van der Waals surface area (Å²) in [5, 5.41) is 9.87. The Labute approximate surface area is 134 Å². The van der Waals surface area contributed by atoms with Gasteiger partial charge in [-0.2, -0.15) is 5.26 Å². The van der Waals surface area contributed by atoms with E-state index in [1.807, 2.05) is 6.07 Å². The number of aromatic nitrogens is 1. The standard InChI is InChI=1S/C14H10Cl2N2O2S/c1-2-21(19)13-5-6-14(18-12(13)8-17)20-9-3-4-10(15)11(16)7-9/h3-7H,2H2,1H3. The molecule has 108 valence electrons. The molecular weight excluding hydrogens is 331 g/mol. The summed E-state index contributed by atoms with van der Waals surface area (Å²) >= 11 is 11.7. The van der Waals surface area contributed by atoms with Crippen LogP contribution in [0.3, 0.4) is 0 Å². The summed E-state index contributed by atoms with van der Waals surface area (Å²) in [6.07, 6.45) is 0. The van der Waals surface area contributed by atoms with Crippen molar-refractivity contribution < 1.29 is 8.95 Å². The number of benzene rings is 1. The second-order valence-electron chi connectivity index (χ2n) is 3.92. The molecule has 2 aromatic rings. The molecule has 1 atom stereocenters. The van der Waals surface area contributed by atoms with E-state index in [-0.39, 0.29) is 11.6 Å². The summed E-state index contributed by atoms with van der Waals surface area (Å²) in [5.41, 5.74) is 0.0905. The fraction of sp³-hybridized carbons (Fsp3) is 0.143. The zero-order chi connectivity index (χ0) is 15.4. The van der Waals surface area contributed by atoms with E-state index in [1.165, 1.54) is 0 Å². The van der Waals surface area contributed by atoms with Crippen LogP contribution in [-0.4, -0.2) is 14.9 Å². The zero-order valence-electron chi connectivity index (χ0n) is 11.0. The summed E-state index contributed by atoms with van der Waals surface area (Å²) < 4.78 is 17.3. The van der Waals surface area contributed by atoms with Gasteiger partial charge in [-0.1, -0.05) is 30.1 Å². The number of ether oxygens (including phenoxy) is 1. The molecule has 1 aromatic heterocycles. The molecule has 1 aromatic carbocycles. The van der Waals surface area contributed by atoms with Gasteiger partial charge in [0.05, 0.1) is 25.7 Å². The van der Waals surface area contributed by atoms with E-state index in [1.54, 1.807) is 37.3 Å². The van der Waals surface area contributed by atoms with E-state index < -0.39 is 10.8 Å². The van der Waals surface area contributed by atoms with Crippen LogP contribution in [0.25, 0.3) is 0 Å². The van der Waals surface area contributed by atoms with Gasteiger partial charge in [0.1, 0.15) is 11.8 Å². The number of nitriles is 1. The molecule has 1 heterocycles. The molecule has 0 radical (unpaired) electrons. The second-order valence-corrected chi connectivity index (χ2v) is 6.44. The van der Waals surface area contributed by atoms with Gasteiger partial charge in [-0.05, 0) is 18.2 Å². The molecular formula is C14H10Cl2N2O2S. The molecule has 0 spiro atoms. The smallest absolute Gasteiger partial charge is 0.220 e. The summed E-state index contributed by atoms with van der Waals surface area (Å²) in [5.74, 6) is 1.09. The van der Waals surface area contributed by atoms with Crippen LogP contribution in [0.15, 0.2) is 35.2 Å². The van der Waals surface area contributed by atoms with E-state index in [0.29, 0.717) is 26.4 Å². The quantitative estimate of drug-likeness (QED) is 0.837. The Kier molecular flexibility index (Phi) is 5.18. The van der Waals surface area contributed by atoms with Crippen molar-refractivity contribution in [2.45, 2.75) is 11.8 Å². The maximum atomic E-state index is 11.8. The van der Waals surface area contributed by atoms with Gasteiger partial charge < -0.3 is 4.74 Å². The summed E-state index contributed by atoms with van der Waals surface area (Å²) in [6, 6.07) is 9.86. The molecule has 0 bridgehead atoms. The largest absolute Gasteiger partial charge is 0.439 e. The minimum absolute atomic E-state index is 0.0905.